The van der Waals surface area contributed by atoms with Crippen molar-refractivity contribution in [3.8, 4) is 5.88 Å². The van der Waals surface area contributed by atoms with E-state index >= 15 is 0 Å². The first-order valence-electron chi connectivity index (χ1n) is 8.08. The molecule has 0 saturated carbocycles. The van der Waals surface area contributed by atoms with Crippen molar-refractivity contribution >= 4 is 22.6 Å². The van der Waals surface area contributed by atoms with Crippen LogP contribution in [0.15, 0.2) is 42.6 Å². The van der Waals surface area contributed by atoms with Crippen LogP contribution < -0.4 is 10.1 Å². The van der Waals surface area contributed by atoms with Crippen LogP contribution in [0.5, 0.6) is 5.88 Å². The monoisotopic (exact) mass is 349 g/mol. The van der Waals surface area contributed by atoms with Crippen LogP contribution in [-0.4, -0.2) is 42.3 Å². The van der Waals surface area contributed by atoms with E-state index in [9.17, 15) is 4.79 Å². The second-order valence-electron chi connectivity index (χ2n) is 5.42. The standard InChI is InChI=1S/C17H15N7O2/c1-2-26-16-8-7-14-21-22-15(24(14)23-16)10-19-17(25)13-9-18-11-5-3-4-6-12(11)20-13/h3-9H,2,10H2,1H3,(H,19,25). The molecule has 4 rings (SSSR count). The van der Waals surface area contributed by atoms with E-state index in [1.807, 2.05) is 31.2 Å². The molecule has 3 aromatic heterocycles. The van der Waals surface area contributed by atoms with Crippen LogP contribution in [0.3, 0.4) is 0 Å². The number of hydrogen-bond acceptors (Lipinski definition) is 7. The molecular weight excluding hydrogens is 334 g/mol. The van der Waals surface area contributed by atoms with Crippen LogP contribution in [0.25, 0.3) is 16.7 Å². The van der Waals surface area contributed by atoms with Gasteiger partial charge in [0.15, 0.2) is 11.5 Å². The number of amides is 1. The summed E-state index contributed by atoms with van der Waals surface area (Å²) in [5.41, 5.74) is 2.21. The fourth-order valence-electron chi connectivity index (χ4n) is 2.47. The fourth-order valence-corrected chi connectivity index (χ4v) is 2.47. The van der Waals surface area contributed by atoms with Gasteiger partial charge in [-0.15, -0.1) is 15.3 Å². The van der Waals surface area contributed by atoms with E-state index in [0.717, 1.165) is 5.52 Å². The number of para-hydroxylation sites is 2. The van der Waals surface area contributed by atoms with E-state index in [-0.39, 0.29) is 18.1 Å². The molecule has 26 heavy (non-hydrogen) atoms. The maximum absolute atomic E-state index is 12.4. The van der Waals surface area contributed by atoms with Gasteiger partial charge < -0.3 is 10.1 Å². The number of aromatic nitrogens is 6. The number of fused-ring (bicyclic) bond motifs is 2. The summed E-state index contributed by atoms with van der Waals surface area (Å²) in [5.74, 6) is 0.609. The van der Waals surface area contributed by atoms with Crippen molar-refractivity contribution in [2.24, 2.45) is 0 Å². The Balaban J connectivity index is 1.53. The van der Waals surface area contributed by atoms with E-state index < -0.39 is 0 Å². The van der Waals surface area contributed by atoms with Gasteiger partial charge >= 0.3 is 0 Å². The number of carbonyl (C=O) groups is 1. The molecule has 0 aliphatic rings. The first kappa shape index (κ1) is 15.9. The summed E-state index contributed by atoms with van der Waals surface area (Å²) >= 11 is 0. The minimum atomic E-state index is -0.346. The van der Waals surface area contributed by atoms with Crippen LogP contribution in [0.4, 0.5) is 0 Å². The average molecular weight is 349 g/mol. The zero-order chi connectivity index (χ0) is 17.9. The van der Waals surface area contributed by atoms with Gasteiger partial charge in [0.05, 0.1) is 30.4 Å². The fraction of sp³-hybridized carbons (Fsp3) is 0.176. The summed E-state index contributed by atoms with van der Waals surface area (Å²) < 4.78 is 6.92. The van der Waals surface area contributed by atoms with Crippen molar-refractivity contribution in [3.05, 3.63) is 54.1 Å². The van der Waals surface area contributed by atoms with E-state index in [2.05, 4.69) is 30.6 Å². The molecule has 1 aromatic carbocycles. The van der Waals surface area contributed by atoms with Crippen LogP contribution >= 0.6 is 0 Å². The van der Waals surface area contributed by atoms with Crippen LogP contribution in [0.1, 0.15) is 23.2 Å². The highest BCUT2D eigenvalue weighted by atomic mass is 16.5. The molecule has 0 aliphatic carbocycles. The summed E-state index contributed by atoms with van der Waals surface area (Å²) in [7, 11) is 0. The van der Waals surface area contributed by atoms with Gasteiger partial charge in [0.1, 0.15) is 5.69 Å². The smallest absolute Gasteiger partial charge is 0.271 e. The van der Waals surface area contributed by atoms with Gasteiger partial charge in [-0.3, -0.25) is 9.78 Å². The van der Waals surface area contributed by atoms with Gasteiger partial charge in [-0.1, -0.05) is 12.1 Å². The van der Waals surface area contributed by atoms with Gasteiger partial charge in [-0.05, 0) is 25.1 Å². The van der Waals surface area contributed by atoms with E-state index in [1.54, 1.807) is 12.1 Å². The molecule has 0 unspecified atom stereocenters. The average Bonchev–Trinajstić information content (AvgIpc) is 3.08. The lowest BCUT2D eigenvalue weighted by molar-refractivity contribution is 0.0944. The van der Waals surface area contributed by atoms with Crippen LogP contribution in [0, 0.1) is 0 Å². The highest BCUT2D eigenvalue weighted by Crippen LogP contribution is 2.10. The molecule has 9 heteroatoms. The zero-order valence-corrected chi connectivity index (χ0v) is 14.0. The summed E-state index contributed by atoms with van der Waals surface area (Å²) in [6.45, 7) is 2.54. The van der Waals surface area contributed by atoms with Gasteiger partial charge in [0.25, 0.3) is 5.91 Å². The molecule has 0 saturated heterocycles. The van der Waals surface area contributed by atoms with Gasteiger partial charge in [0, 0.05) is 6.07 Å². The van der Waals surface area contributed by atoms with Crippen molar-refractivity contribution in [2.45, 2.75) is 13.5 Å². The van der Waals surface area contributed by atoms with Gasteiger partial charge in [0.2, 0.25) is 5.88 Å². The topological polar surface area (TPSA) is 107 Å². The molecular formula is C17H15N7O2. The molecule has 1 amide bonds. The Kier molecular flexibility index (Phi) is 4.10. The second kappa shape index (κ2) is 6.71. The maximum atomic E-state index is 12.4. The number of hydrogen-bond donors (Lipinski definition) is 1. The lowest BCUT2D eigenvalue weighted by Gasteiger charge is -2.05. The molecule has 9 nitrogen and oxygen atoms in total. The highest BCUT2D eigenvalue weighted by Gasteiger charge is 2.12. The van der Waals surface area contributed by atoms with Crippen molar-refractivity contribution in [3.63, 3.8) is 0 Å². The molecule has 0 bridgehead atoms. The lowest BCUT2D eigenvalue weighted by Crippen LogP contribution is -2.25. The third kappa shape index (κ3) is 3.02. The Bertz CT molecular complexity index is 1090. The maximum Gasteiger partial charge on any atom is 0.271 e. The van der Waals surface area contributed by atoms with Crippen molar-refractivity contribution in [1.82, 2.24) is 35.1 Å². The predicted molar refractivity (Wildman–Crippen MR) is 92.7 cm³/mol. The molecule has 0 spiro atoms. The minimum Gasteiger partial charge on any atom is -0.477 e. The Morgan fingerprint density at radius 2 is 2.00 bits per heavy atom. The van der Waals surface area contributed by atoms with Crippen LogP contribution in [0.2, 0.25) is 0 Å². The molecule has 0 aliphatic heterocycles. The Labute approximate surface area is 148 Å². The normalized spacial score (nSPS) is 11.0. The zero-order valence-electron chi connectivity index (χ0n) is 14.0. The third-order valence-electron chi connectivity index (χ3n) is 3.68. The minimum absolute atomic E-state index is 0.150. The van der Waals surface area contributed by atoms with Gasteiger partial charge in [-0.2, -0.15) is 4.52 Å². The third-order valence-corrected chi connectivity index (χ3v) is 3.68. The number of carbonyl (C=O) groups excluding carboxylic acids is 1. The number of benzene rings is 1. The first-order chi connectivity index (χ1) is 12.7. The van der Waals surface area contributed by atoms with Gasteiger partial charge in [-0.25, -0.2) is 4.98 Å². The SMILES string of the molecule is CCOc1ccc2nnc(CNC(=O)c3cnc4ccccc4n3)n2n1. The predicted octanol–water partition coefficient (Wildman–Crippen LogP) is 1.40. The highest BCUT2D eigenvalue weighted by molar-refractivity contribution is 5.93. The summed E-state index contributed by atoms with van der Waals surface area (Å²) in [6, 6.07) is 10.9. The van der Waals surface area contributed by atoms with E-state index in [0.29, 0.717) is 29.5 Å². The largest absolute Gasteiger partial charge is 0.477 e. The van der Waals surface area contributed by atoms with Crippen molar-refractivity contribution < 1.29 is 9.53 Å². The molecule has 3 heterocycles. The van der Waals surface area contributed by atoms with E-state index in [4.69, 9.17) is 4.74 Å². The quantitative estimate of drug-likeness (QED) is 0.580. The molecule has 1 N–H and O–H groups in total. The molecule has 0 atom stereocenters. The number of nitrogens with one attached hydrogen (secondary N) is 1. The van der Waals surface area contributed by atoms with Crippen LogP contribution in [-0.2, 0) is 6.54 Å². The van der Waals surface area contributed by atoms with Crippen molar-refractivity contribution in [2.75, 3.05) is 6.61 Å². The van der Waals surface area contributed by atoms with E-state index in [1.165, 1.54) is 10.7 Å². The second-order valence-corrected chi connectivity index (χ2v) is 5.42. The summed E-state index contributed by atoms with van der Waals surface area (Å²) in [6.07, 6.45) is 1.45. The summed E-state index contributed by atoms with van der Waals surface area (Å²) in [4.78, 5) is 20.9. The lowest BCUT2D eigenvalue weighted by atomic mass is 10.3. The molecule has 4 aromatic rings. The Morgan fingerprint density at radius 1 is 1.15 bits per heavy atom. The summed E-state index contributed by atoms with van der Waals surface area (Å²) in [5, 5.41) is 15.2. The molecule has 130 valence electrons. The first-order valence-corrected chi connectivity index (χ1v) is 8.08. The molecule has 0 fully saturated rings. The Morgan fingerprint density at radius 3 is 2.85 bits per heavy atom. The number of rotatable bonds is 5. The van der Waals surface area contributed by atoms with Crippen molar-refractivity contribution in [1.29, 1.82) is 0 Å². The number of nitrogens with zero attached hydrogens (tertiary/aromatic N) is 6. The number of ether oxygens (including phenoxy) is 1. The molecule has 0 radical (unpaired) electrons. The Hall–Kier alpha value is -3.62.